The Morgan fingerprint density at radius 3 is 2.48 bits per heavy atom. The van der Waals surface area contributed by atoms with Crippen LogP contribution in [0.1, 0.15) is 28.3 Å². The van der Waals surface area contributed by atoms with Crippen LogP contribution in [-0.2, 0) is 4.74 Å². The molecule has 3 aromatic rings. The van der Waals surface area contributed by atoms with Gasteiger partial charge in [0.25, 0.3) is 0 Å². The number of pyridine rings is 1. The highest BCUT2D eigenvalue weighted by Crippen LogP contribution is 2.44. The van der Waals surface area contributed by atoms with Crippen molar-refractivity contribution in [1.29, 1.82) is 5.26 Å². The summed E-state index contributed by atoms with van der Waals surface area (Å²) in [7, 11) is 0. The van der Waals surface area contributed by atoms with Crippen LogP contribution in [0.25, 0.3) is 17.2 Å². The highest BCUT2D eigenvalue weighted by atomic mass is 16.5. The van der Waals surface area contributed by atoms with Gasteiger partial charge in [0.2, 0.25) is 0 Å². The molecule has 5 heteroatoms. The number of fused-ring (bicyclic) bond motifs is 3. The molecule has 0 aliphatic heterocycles. The quantitative estimate of drug-likeness (QED) is 0.706. The second-order valence-electron chi connectivity index (χ2n) is 6.69. The number of ether oxygens (including phenoxy) is 1. The van der Waals surface area contributed by atoms with E-state index in [1.807, 2.05) is 24.3 Å². The van der Waals surface area contributed by atoms with Crippen LogP contribution in [0, 0.1) is 11.3 Å². The molecule has 2 aromatic carbocycles. The predicted molar refractivity (Wildman–Crippen MR) is 111 cm³/mol. The van der Waals surface area contributed by atoms with E-state index in [-0.39, 0.29) is 12.5 Å². The third-order valence-electron chi connectivity index (χ3n) is 4.91. The van der Waals surface area contributed by atoms with Crippen molar-refractivity contribution < 1.29 is 9.53 Å². The van der Waals surface area contributed by atoms with Crippen molar-refractivity contribution in [3.63, 3.8) is 0 Å². The fraction of sp³-hybridized carbons (Fsp3) is 0.125. The maximum Gasteiger partial charge on any atom is 0.407 e. The SMILES string of the molecule is N#Cc1ccnc(C=CCNC(=O)OCC2c3ccccc3-c3ccccc32)c1. The molecule has 1 N–H and O–H groups in total. The molecule has 0 atom stereocenters. The summed E-state index contributed by atoms with van der Waals surface area (Å²) in [5, 5.41) is 11.6. The van der Waals surface area contributed by atoms with Gasteiger partial charge in [0, 0.05) is 18.7 Å². The molecule has 1 heterocycles. The number of aromatic nitrogens is 1. The number of hydrogen-bond acceptors (Lipinski definition) is 4. The number of benzene rings is 2. The summed E-state index contributed by atoms with van der Waals surface area (Å²) in [6.07, 6.45) is 4.64. The van der Waals surface area contributed by atoms with Crippen molar-refractivity contribution >= 4 is 12.2 Å². The van der Waals surface area contributed by atoms with Gasteiger partial charge in [-0.15, -0.1) is 0 Å². The fourth-order valence-electron chi connectivity index (χ4n) is 3.58. The molecule has 1 aromatic heterocycles. The Morgan fingerprint density at radius 2 is 1.79 bits per heavy atom. The van der Waals surface area contributed by atoms with E-state index >= 15 is 0 Å². The van der Waals surface area contributed by atoms with Crippen molar-refractivity contribution in [3.05, 3.63) is 95.3 Å². The van der Waals surface area contributed by atoms with Crippen LogP contribution in [0.3, 0.4) is 0 Å². The zero-order valence-corrected chi connectivity index (χ0v) is 15.7. The lowest BCUT2D eigenvalue weighted by molar-refractivity contribution is 0.144. The van der Waals surface area contributed by atoms with Gasteiger partial charge in [-0.2, -0.15) is 5.26 Å². The zero-order chi connectivity index (χ0) is 20.1. The van der Waals surface area contributed by atoms with Gasteiger partial charge in [-0.05, 0) is 40.5 Å². The van der Waals surface area contributed by atoms with E-state index in [0.29, 0.717) is 17.8 Å². The van der Waals surface area contributed by atoms with Crippen molar-refractivity contribution in [3.8, 4) is 17.2 Å². The van der Waals surface area contributed by atoms with E-state index in [9.17, 15) is 4.79 Å². The van der Waals surface area contributed by atoms with E-state index in [0.717, 1.165) is 0 Å². The molecule has 1 aliphatic rings. The van der Waals surface area contributed by atoms with Gasteiger partial charge in [-0.1, -0.05) is 54.6 Å². The molecular weight excluding hydrogens is 362 g/mol. The third-order valence-corrected chi connectivity index (χ3v) is 4.91. The number of rotatable bonds is 5. The van der Waals surface area contributed by atoms with E-state index in [4.69, 9.17) is 10.00 Å². The van der Waals surface area contributed by atoms with Crippen molar-refractivity contribution in [2.45, 2.75) is 5.92 Å². The Bertz CT molecular complexity index is 1070. The molecule has 0 saturated heterocycles. The molecular formula is C24H19N3O2. The number of nitriles is 1. The molecule has 1 amide bonds. The number of nitrogens with one attached hydrogen (secondary N) is 1. The van der Waals surface area contributed by atoms with Gasteiger partial charge in [-0.3, -0.25) is 4.98 Å². The average Bonchev–Trinajstić information content (AvgIpc) is 3.09. The lowest BCUT2D eigenvalue weighted by Crippen LogP contribution is -2.26. The summed E-state index contributed by atoms with van der Waals surface area (Å²) in [5.41, 5.74) is 5.98. The lowest BCUT2D eigenvalue weighted by Gasteiger charge is -2.14. The lowest BCUT2D eigenvalue weighted by atomic mass is 9.98. The minimum atomic E-state index is -0.463. The largest absolute Gasteiger partial charge is 0.449 e. The van der Waals surface area contributed by atoms with Gasteiger partial charge < -0.3 is 10.1 Å². The standard InChI is InChI=1S/C24H19N3O2/c25-15-17-11-13-26-18(14-17)6-5-12-27-24(28)29-16-23-21-9-3-1-7-19(21)20-8-2-4-10-22(20)23/h1-11,13-14,23H,12,16H2,(H,27,28). The van der Waals surface area contributed by atoms with Gasteiger partial charge in [0.15, 0.2) is 0 Å². The van der Waals surface area contributed by atoms with Gasteiger partial charge in [0.1, 0.15) is 6.61 Å². The first kappa shape index (κ1) is 18.5. The molecule has 4 rings (SSSR count). The Hall–Kier alpha value is -3.91. The molecule has 0 bridgehead atoms. The number of carbonyl (C=O) groups is 1. The number of alkyl carbamates (subject to hydrolysis) is 1. The second kappa shape index (κ2) is 8.41. The monoisotopic (exact) mass is 381 g/mol. The first-order chi connectivity index (χ1) is 14.3. The number of carbonyl (C=O) groups excluding carboxylic acids is 1. The molecule has 0 spiro atoms. The van der Waals surface area contributed by atoms with E-state index in [1.54, 1.807) is 30.5 Å². The van der Waals surface area contributed by atoms with Crippen LogP contribution in [0.4, 0.5) is 4.79 Å². The summed E-state index contributed by atoms with van der Waals surface area (Å²) in [6.45, 7) is 0.602. The number of hydrogen-bond donors (Lipinski definition) is 1. The van der Waals surface area contributed by atoms with E-state index in [2.05, 4.69) is 40.6 Å². The van der Waals surface area contributed by atoms with Crippen LogP contribution >= 0.6 is 0 Å². The van der Waals surface area contributed by atoms with Crippen molar-refractivity contribution in [1.82, 2.24) is 10.3 Å². The average molecular weight is 381 g/mol. The Labute approximate surface area is 169 Å². The fourth-order valence-corrected chi connectivity index (χ4v) is 3.58. The summed E-state index contributed by atoms with van der Waals surface area (Å²) in [5.74, 6) is 0.0432. The minimum Gasteiger partial charge on any atom is -0.449 e. The van der Waals surface area contributed by atoms with E-state index in [1.165, 1.54) is 22.3 Å². The minimum absolute atomic E-state index is 0.0432. The number of amides is 1. The molecule has 1 aliphatic carbocycles. The van der Waals surface area contributed by atoms with Crippen LogP contribution in [0.15, 0.2) is 72.9 Å². The molecule has 29 heavy (non-hydrogen) atoms. The van der Waals surface area contributed by atoms with Gasteiger partial charge in [0.05, 0.1) is 17.3 Å². The van der Waals surface area contributed by atoms with Crippen LogP contribution in [0.2, 0.25) is 0 Å². The second-order valence-corrected chi connectivity index (χ2v) is 6.69. The zero-order valence-electron chi connectivity index (χ0n) is 15.7. The topological polar surface area (TPSA) is 75.0 Å². The maximum absolute atomic E-state index is 12.1. The van der Waals surface area contributed by atoms with Crippen LogP contribution < -0.4 is 5.32 Å². The summed E-state index contributed by atoms with van der Waals surface area (Å²) in [4.78, 5) is 16.3. The molecule has 0 fully saturated rings. The summed E-state index contributed by atoms with van der Waals surface area (Å²) in [6, 6.07) is 21.9. The Kier molecular flexibility index (Phi) is 5.35. The predicted octanol–water partition coefficient (Wildman–Crippen LogP) is 4.51. The van der Waals surface area contributed by atoms with Crippen molar-refractivity contribution in [2.75, 3.05) is 13.2 Å². The molecule has 0 unspecified atom stereocenters. The highest BCUT2D eigenvalue weighted by Gasteiger charge is 2.28. The summed E-state index contributed by atoms with van der Waals surface area (Å²) < 4.78 is 5.49. The highest BCUT2D eigenvalue weighted by molar-refractivity contribution is 5.79. The normalized spacial score (nSPS) is 12.2. The third kappa shape index (κ3) is 4.02. The molecule has 5 nitrogen and oxygen atoms in total. The first-order valence-corrected chi connectivity index (χ1v) is 9.38. The smallest absolute Gasteiger partial charge is 0.407 e. The first-order valence-electron chi connectivity index (χ1n) is 9.38. The van der Waals surface area contributed by atoms with Gasteiger partial charge in [-0.25, -0.2) is 4.79 Å². The van der Waals surface area contributed by atoms with Gasteiger partial charge >= 0.3 is 6.09 Å². The van der Waals surface area contributed by atoms with Crippen LogP contribution in [0.5, 0.6) is 0 Å². The van der Waals surface area contributed by atoms with E-state index < -0.39 is 6.09 Å². The maximum atomic E-state index is 12.1. The van der Waals surface area contributed by atoms with Crippen molar-refractivity contribution in [2.24, 2.45) is 0 Å². The molecule has 0 saturated carbocycles. The summed E-state index contributed by atoms with van der Waals surface area (Å²) >= 11 is 0. The molecule has 0 radical (unpaired) electrons. The Morgan fingerprint density at radius 1 is 1.10 bits per heavy atom. The molecule has 142 valence electrons. The van der Waals surface area contributed by atoms with Crippen LogP contribution in [-0.4, -0.2) is 24.2 Å². The number of nitrogens with zero attached hydrogens (tertiary/aromatic N) is 2. The Balaban J connectivity index is 1.33.